The van der Waals surface area contributed by atoms with Crippen LogP contribution in [0.1, 0.15) is 13.3 Å². The topological polar surface area (TPSA) is 81.3 Å². The van der Waals surface area contributed by atoms with Gasteiger partial charge in [-0.15, -0.1) is 10.2 Å². The van der Waals surface area contributed by atoms with Crippen molar-refractivity contribution in [2.75, 3.05) is 11.1 Å². The Bertz CT molecular complexity index is 1300. The SMILES string of the molecule is CCCn1c(=O)c2cc(Cl)ccc2n2c(SCC(=O)Nc3ccc(F)cc3)nnc12. The highest BCUT2D eigenvalue weighted by Gasteiger charge is 2.17. The van der Waals surface area contributed by atoms with Crippen molar-refractivity contribution in [1.82, 2.24) is 19.2 Å². The van der Waals surface area contributed by atoms with Crippen LogP contribution in [0.3, 0.4) is 0 Å². The van der Waals surface area contributed by atoms with Gasteiger partial charge in [0.2, 0.25) is 11.7 Å². The van der Waals surface area contributed by atoms with Crippen molar-refractivity contribution in [1.29, 1.82) is 0 Å². The molecule has 0 aliphatic heterocycles. The van der Waals surface area contributed by atoms with Crippen molar-refractivity contribution >= 4 is 51.6 Å². The molecule has 30 heavy (non-hydrogen) atoms. The third-order valence-electron chi connectivity index (χ3n) is 4.44. The van der Waals surface area contributed by atoms with E-state index in [1.54, 1.807) is 27.2 Å². The third kappa shape index (κ3) is 3.90. The first-order valence-electron chi connectivity index (χ1n) is 9.23. The monoisotopic (exact) mass is 445 g/mol. The molecule has 154 valence electrons. The number of halogens is 2. The first-order chi connectivity index (χ1) is 14.5. The molecular weight excluding hydrogens is 429 g/mol. The number of hydrogen-bond acceptors (Lipinski definition) is 5. The summed E-state index contributed by atoms with van der Waals surface area (Å²) in [4.78, 5) is 25.2. The number of fused-ring (bicyclic) bond motifs is 3. The van der Waals surface area contributed by atoms with Gasteiger partial charge < -0.3 is 5.32 Å². The van der Waals surface area contributed by atoms with E-state index >= 15 is 0 Å². The fourth-order valence-electron chi connectivity index (χ4n) is 3.14. The summed E-state index contributed by atoms with van der Waals surface area (Å²) >= 11 is 7.30. The van der Waals surface area contributed by atoms with Crippen LogP contribution in [0.2, 0.25) is 5.02 Å². The van der Waals surface area contributed by atoms with Crippen molar-refractivity contribution in [3.8, 4) is 0 Å². The minimum Gasteiger partial charge on any atom is -0.325 e. The maximum Gasteiger partial charge on any atom is 0.262 e. The van der Waals surface area contributed by atoms with E-state index in [0.29, 0.717) is 39.1 Å². The zero-order valence-electron chi connectivity index (χ0n) is 15.9. The molecule has 0 atom stereocenters. The molecule has 0 saturated carbocycles. The van der Waals surface area contributed by atoms with Crippen LogP contribution in [0.15, 0.2) is 52.4 Å². The number of anilines is 1. The van der Waals surface area contributed by atoms with Gasteiger partial charge in [0.05, 0.1) is 16.7 Å². The maximum atomic E-state index is 13.0. The summed E-state index contributed by atoms with van der Waals surface area (Å²) in [6.45, 7) is 2.45. The second kappa shape index (κ2) is 8.45. The van der Waals surface area contributed by atoms with Gasteiger partial charge in [0.25, 0.3) is 5.56 Å². The minimum absolute atomic E-state index is 0.0696. The van der Waals surface area contributed by atoms with E-state index in [-0.39, 0.29) is 23.0 Å². The fourth-order valence-corrected chi connectivity index (χ4v) is 4.05. The van der Waals surface area contributed by atoms with E-state index in [1.807, 2.05) is 6.92 Å². The summed E-state index contributed by atoms with van der Waals surface area (Å²) in [7, 11) is 0. The maximum absolute atomic E-state index is 13.0. The molecule has 0 saturated heterocycles. The average Bonchev–Trinajstić information content (AvgIpc) is 3.15. The predicted octanol–water partition coefficient (Wildman–Crippen LogP) is 3.98. The smallest absolute Gasteiger partial charge is 0.262 e. The number of hydrogen-bond donors (Lipinski definition) is 1. The lowest BCUT2D eigenvalue weighted by atomic mass is 10.2. The largest absolute Gasteiger partial charge is 0.325 e. The number of aromatic nitrogens is 4. The third-order valence-corrected chi connectivity index (χ3v) is 5.60. The summed E-state index contributed by atoms with van der Waals surface area (Å²) in [5.41, 5.74) is 0.947. The summed E-state index contributed by atoms with van der Waals surface area (Å²) < 4.78 is 16.3. The van der Waals surface area contributed by atoms with Crippen LogP contribution in [-0.4, -0.2) is 30.8 Å². The zero-order valence-corrected chi connectivity index (χ0v) is 17.5. The molecule has 0 unspecified atom stereocenters. The van der Waals surface area contributed by atoms with Gasteiger partial charge in [-0.1, -0.05) is 30.3 Å². The number of benzene rings is 2. The quantitative estimate of drug-likeness (QED) is 0.454. The predicted molar refractivity (Wildman–Crippen MR) is 116 cm³/mol. The van der Waals surface area contributed by atoms with Crippen LogP contribution in [0.25, 0.3) is 16.7 Å². The normalized spacial score (nSPS) is 11.3. The van der Waals surface area contributed by atoms with Gasteiger partial charge in [0, 0.05) is 17.3 Å². The Morgan fingerprint density at radius 3 is 2.70 bits per heavy atom. The summed E-state index contributed by atoms with van der Waals surface area (Å²) in [5, 5.41) is 12.5. The molecule has 7 nitrogen and oxygen atoms in total. The first kappa shape index (κ1) is 20.4. The number of thioether (sulfide) groups is 1. The highest BCUT2D eigenvalue weighted by atomic mass is 35.5. The van der Waals surface area contributed by atoms with E-state index in [9.17, 15) is 14.0 Å². The van der Waals surface area contributed by atoms with Crippen LogP contribution in [0, 0.1) is 5.82 Å². The molecule has 4 aromatic rings. The van der Waals surface area contributed by atoms with Gasteiger partial charge in [-0.3, -0.25) is 18.6 Å². The number of carbonyl (C=O) groups is 1. The summed E-state index contributed by atoms with van der Waals surface area (Å²) in [6.07, 6.45) is 0.747. The summed E-state index contributed by atoms with van der Waals surface area (Å²) in [6, 6.07) is 10.6. The second-order valence-corrected chi connectivity index (χ2v) is 7.96. The summed E-state index contributed by atoms with van der Waals surface area (Å²) in [5.74, 6) is -0.154. The fraction of sp³-hybridized carbons (Fsp3) is 0.200. The minimum atomic E-state index is -0.373. The van der Waals surface area contributed by atoms with Crippen molar-refractivity contribution in [3.05, 3.63) is 63.7 Å². The second-order valence-electron chi connectivity index (χ2n) is 6.58. The molecule has 0 spiro atoms. The van der Waals surface area contributed by atoms with Gasteiger partial charge in [0.15, 0.2) is 5.16 Å². The molecule has 0 bridgehead atoms. The van der Waals surface area contributed by atoms with Crippen molar-refractivity contribution in [2.24, 2.45) is 0 Å². The number of amides is 1. The molecule has 0 aliphatic carbocycles. The average molecular weight is 446 g/mol. The Morgan fingerprint density at radius 1 is 1.20 bits per heavy atom. The molecule has 2 aromatic carbocycles. The molecule has 2 aromatic heterocycles. The Balaban J connectivity index is 1.68. The van der Waals surface area contributed by atoms with Gasteiger partial charge in [0.1, 0.15) is 5.82 Å². The van der Waals surface area contributed by atoms with Crippen molar-refractivity contribution < 1.29 is 9.18 Å². The van der Waals surface area contributed by atoms with Gasteiger partial charge >= 0.3 is 0 Å². The van der Waals surface area contributed by atoms with E-state index < -0.39 is 0 Å². The van der Waals surface area contributed by atoms with Crippen molar-refractivity contribution in [3.63, 3.8) is 0 Å². The first-order valence-corrected chi connectivity index (χ1v) is 10.6. The van der Waals surface area contributed by atoms with Gasteiger partial charge in [-0.05, 0) is 48.9 Å². The van der Waals surface area contributed by atoms with E-state index in [2.05, 4.69) is 15.5 Å². The van der Waals surface area contributed by atoms with Crippen LogP contribution in [0.5, 0.6) is 0 Å². The Morgan fingerprint density at radius 2 is 1.97 bits per heavy atom. The van der Waals surface area contributed by atoms with Gasteiger partial charge in [-0.25, -0.2) is 4.39 Å². The van der Waals surface area contributed by atoms with Crippen LogP contribution >= 0.6 is 23.4 Å². The Labute approximate surface area is 179 Å². The number of rotatable bonds is 6. The van der Waals surface area contributed by atoms with E-state index in [0.717, 1.165) is 6.42 Å². The molecule has 1 N–H and O–H groups in total. The van der Waals surface area contributed by atoms with Crippen molar-refractivity contribution in [2.45, 2.75) is 25.0 Å². The molecule has 2 heterocycles. The Kier molecular flexibility index (Phi) is 5.74. The zero-order chi connectivity index (χ0) is 21.3. The molecule has 1 amide bonds. The number of nitrogens with zero attached hydrogens (tertiary/aromatic N) is 4. The molecule has 0 aliphatic rings. The number of nitrogens with one attached hydrogen (secondary N) is 1. The molecule has 0 radical (unpaired) electrons. The van der Waals surface area contributed by atoms with Crippen LogP contribution < -0.4 is 10.9 Å². The highest BCUT2D eigenvalue weighted by Crippen LogP contribution is 2.24. The lowest BCUT2D eigenvalue weighted by molar-refractivity contribution is -0.113. The lowest BCUT2D eigenvalue weighted by Gasteiger charge is -2.10. The van der Waals surface area contributed by atoms with E-state index in [1.165, 1.54) is 36.0 Å². The standard InChI is InChI=1S/C20H17ClFN5O2S/c1-2-9-26-18(29)15-10-12(21)3-8-16(15)27-19(26)24-25-20(27)30-11-17(28)23-14-6-4-13(22)5-7-14/h3-8,10H,2,9,11H2,1H3,(H,23,28). The molecular formula is C20H17ClFN5O2S. The number of carbonyl (C=O) groups excluding carboxylic acids is 1. The Hall–Kier alpha value is -2.91. The number of aryl methyl sites for hydroxylation is 1. The van der Waals surface area contributed by atoms with E-state index in [4.69, 9.17) is 11.6 Å². The molecule has 10 heteroatoms. The highest BCUT2D eigenvalue weighted by molar-refractivity contribution is 7.99. The lowest BCUT2D eigenvalue weighted by Crippen LogP contribution is -2.23. The molecule has 0 fully saturated rings. The van der Waals surface area contributed by atoms with Crippen LogP contribution in [0.4, 0.5) is 10.1 Å². The molecule has 4 rings (SSSR count). The van der Waals surface area contributed by atoms with Crippen LogP contribution in [-0.2, 0) is 11.3 Å². The van der Waals surface area contributed by atoms with Gasteiger partial charge in [-0.2, -0.15) is 0 Å².